The maximum atomic E-state index is 12.4. The van der Waals surface area contributed by atoms with Crippen LogP contribution in [0.4, 0.5) is 0 Å². The molecule has 0 fully saturated rings. The van der Waals surface area contributed by atoms with E-state index in [1.54, 1.807) is 13.8 Å². The Balaban J connectivity index is 2.97. The summed E-state index contributed by atoms with van der Waals surface area (Å²) in [7, 11) is -3.64. The number of hydrogen-bond donors (Lipinski definition) is 0. The molecule has 1 rings (SSSR count). The predicted octanol–water partition coefficient (Wildman–Crippen LogP) is 4.01. The summed E-state index contributed by atoms with van der Waals surface area (Å²) in [6.07, 6.45) is 2.12. The molecule has 0 heterocycles. The van der Waals surface area contributed by atoms with Gasteiger partial charge in [0, 0.05) is 6.08 Å². The van der Waals surface area contributed by atoms with Gasteiger partial charge in [-0.05, 0) is 25.5 Å². The van der Waals surface area contributed by atoms with E-state index < -0.39 is 13.9 Å². The Morgan fingerprint density at radius 1 is 1.25 bits per heavy atom. The Morgan fingerprint density at radius 2 is 1.85 bits per heavy atom. The van der Waals surface area contributed by atoms with Crippen molar-refractivity contribution >= 4 is 7.82 Å². The van der Waals surface area contributed by atoms with Gasteiger partial charge in [0.05, 0.1) is 19.3 Å². The second-order valence-electron chi connectivity index (χ2n) is 3.71. The second-order valence-corrected chi connectivity index (χ2v) is 5.33. The lowest BCUT2D eigenvalue weighted by Crippen LogP contribution is -2.05. The van der Waals surface area contributed by atoms with Crippen molar-refractivity contribution in [2.75, 3.05) is 13.2 Å². The average molecular weight is 295 g/mol. The smallest absolute Gasteiger partial charge is 0.287 e. The van der Waals surface area contributed by atoms with Gasteiger partial charge in [0.2, 0.25) is 0 Å². The Hall–Kier alpha value is -1.44. The molecule has 1 aromatic carbocycles. The normalized spacial score (nSPS) is 13.2. The van der Waals surface area contributed by atoms with Crippen molar-refractivity contribution in [3.05, 3.63) is 48.0 Å². The number of phosphoric ester groups is 1. The largest absolute Gasteiger partial charge is 0.475 e. The molecule has 0 amide bonds. The summed E-state index contributed by atoms with van der Waals surface area (Å²) in [5.74, 6) is 0. The molecule has 0 radical (unpaired) electrons. The van der Waals surface area contributed by atoms with Crippen LogP contribution in [-0.4, -0.2) is 13.2 Å². The van der Waals surface area contributed by atoms with Crippen molar-refractivity contribution in [3.8, 4) is 6.07 Å². The van der Waals surface area contributed by atoms with Crippen LogP contribution >= 0.6 is 7.82 Å². The van der Waals surface area contributed by atoms with Crippen molar-refractivity contribution in [2.45, 2.75) is 20.0 Å². The molecule has 0 aromatic heterocycles. The van der Waals surface area contributed by atoms with Crippen LogP contribution in [0.2, 0.25) is 0 Å². The van der Waals surface area contributed by atoms with Crippen molar-refractivity contribution in [1.82, 2.24) is 0 Å². The molecule has 1 atom stereocenters. The first-order valence-electron chi connectivity index (χ1n) is 6.34. The highest BCUT2D eigenvalue weighted by Crippen LogP contribution is 2.53. The van der Waals surface area contributed by atoms with E-state index in [1.165, 1.54) is 12.2 Å². The molecule has 0 spiro atoms. The number of allylic oxidation sites excluding steroid dienone is 1. The molecule has 0 aliphatic heterocycles. The standard InChI is InChI=1S/C14H18NO4P/c1-3-17-20(16,18-4-2)19-14(11-8-12-15)13-9-6-5-7-10-13/h5-11,14H,3-4H2,1-2H3/b11-8-. The maximum absolute atomic E-state index is 12.4. The molecule has 0 N–H and O–H groups in total. The van der Waals surface area contributed by atoms with Gasteiger partial charge < -0.3 is 0 Å². The van der Waals surface area contributed by atoms with Crippen molar-refractivity contribution in [2.24, 2.45) is 0 Å². The van der Waals surface area contributed by atoms with E-state index in [1.807, 2.05) is 36.4 Å². The van der Waals surface area contributed by atoms with E-state index in [0.717, 1.165) is 5.56 Å². The van der Waals surface area contributed by atoms with Crippen LogP contribution in [-0.2, 0) is 18.1 Å². The summed E-state index contributed by atoms with van der Waals surface area (Å²) in [6.45, 7) is 3.83. The summed E-state index contributed by atoms with van der Waals surface area (Å²) in [5.41, 5.74) is 0.763. The third kappa shape index (κ3) is 5.28. The zero-order chi connectivity index (χ0) is 14.8. The van der Waals surface area contributed by atoms with Crippen molar-refractivity contribution in [1.29, 1.82) is 5.26 Å². The summed E-state index contributed by atoms with van der Waals surface area (Å²) < 4.78 is 28.0. The van der Waals surface area contributed by atoms with Crippen LogP contribution in [0, 0.1) is 11.3 Å². The molecule has 0 saturated carbocycles. The molecule has 20 heavy (non-hydrogen) atoms. The third-order valence-corrected chi connectivity index (χ3v) is 3.92. The molecule has 0 aliphatic carbocycles. The molecule has 5 nitrogen and oxygen atoms in total. The summed E-state index contributed by atoms with van der Waals surface area (Å²) in [6, 6.07) is 11.0. The second kappa shape index (κ2) is 8.68. The van der Waals surface area contributed by atoms with E-state index in [-0.39, 0.29) is 13.2 Å². The molecule has 0 bridgehead atoms. The number of benzene rings is 1. The number of hydrogen-bond acceptors (Lipinski definition) is 5. The molecule has 108 valence electrons. The fourth-order valence-electron chi connectivity index (χ4n) is 1.53. The van der Waals surface area contributed by atoms with Crippen LogP contribution in [0.1, 0.15) is 25.5 Å². The third-order valence-electron chi connectivity index (χ3n) is 2.29. The van der Waals surface area contributed by atoms with Crippen LogP contribution in [0.25, 0.3) is 0 Å². The van der Waals surface area contributed by atoms with Gasteiger partial charge >= 0.3 is 7.82 Å². The van der Waals surface area contributed by atoms with E-state index >= 15 is 0 Å². The van der Waals surface area contributed by atoms with Crippen LogP contribution in [0.15, 0.2) is 42.5 Å². The minimum atomic E-state index is -3.64. The monoisotopic (exact) mass is 295 g/mol. The van der Waals surface area contributed by atoms with E-state index in [2.05, 4.69) is 0 Å². The molecule has 6 heteroatoms. The lowest BCUT2D eigenvalue weighted by atomic mass is 10.1. The molecular weight excluding hydrogens is 277 g/mol. The van der Waals surface area contributed by atoms with Gasteiger partial charge in [-0.15, -0.1) is 0 Å². The van der Waals surface area contributed by atoms with E-state index in [9.17, 15) is 4.57 Å². The highest BCUT2D eigenvalue weighted by molar-refractivity contribution is 7.48. The first kappa shape index (κ1) is 16.6. The minimum Gasteiger partial charge on any atom is -0.287 e. The van der Waals surface area contributed by atoms with Gasteiger partial charge in [0.25, 0.3) is 0 Å². The van der Waals surface area contributed by atoms with Gasteiger partial charge in [-0.25, -0.2) is 4.57 Å². The minimum absolute atomic E-state index is 0.209. The lowest BCUT2D eigenvalue weighted by molar-refractivity contribution is 0.101. The highest BCUT2D eigenvalue weighted by atomic mass is 31.2. The number of rotatable bonds is 8. The predicted molar refractivity (Wildman–Crippen MR) is 75.9 cm³/mol. The lowest BCUT2D eigenvalue weighted by Gasteiger charge is -2.21. The van der Waals surface area contributed by atoms with E-state index in [4.69, 9.17) is 18.8 Å². The quantitative estimate of drug-likeness (QED) is 0.535. The number of nitrogens with zero attached hydrogens (tertiary/aromatic N) is 1. The Morgan fingerprint density at radius 3 is 2.35 bits per heavy atom. The SMILES string of the molecule is CCOP(=O)(OCC)OC(/C=C\C#N)c1ccccc1. The van der Waals surface area contributed by atoms with Crippen LogP contribution in [0.3, 0.4) is 0 Å². The molecule has 0 saturated heterocycles. The fourth-order valence-corrected chi connectivity index (χ4v) is 2.83. The zero-order valence-corrected chi connectivity index (χ0v) is 12.5. The molecule has 1 aromatic rings. The molecular formula is C14H18NO4P. The fraction of sp³-hybridized carbons (Fsp3) is 0.357. The zero-order valence-electron chi connectivity index (χ0n) is 11.6. The van der Waals surface area contributed by atoms with Gasteiger partial charge in [0.1, 0.15) is 6.10 Å². The first-order chi connectivity index (χ1) is 9.65. The first-order valence-corrected chi connectivity index (χ1v) is 7.80. The van der Waals surface area contributed by atoms with Crippen LogP contribution in [0.5, 0.6) is 0 Å². The van der Waals surface area contributed by atoms with Gasteiger partial charge in [-0.1, -0.05) is 30.3 Å². The van der Waals surface area contributed by atoms with Crippen molar-refractivity contribution in [3.63, 3.8) is 0 Å². The topological polar surface area (TPSA) is 68.6 Å². The highest BCUT2D eigenvalue weighted by Gasteiger charge is 2.29. The van der Waals surface area contributed by atoms with Crippen LogP contribution < -0.4 is 0 Å². The summed E-state index contributed by atoms with van der Waals surface area (Å²) in [5, 5.41) is 8.64. The molecule has 0 aliphatic rings. The molecule has 1 unspecified atom stereocenters. The van der Waals surface area contributed by atoms with E-state index in [0.29, 0.717) is 0 Å². The summed E-state index contributed by atoms with van der Waals surface area (Å²) in [4.78, 5) is 0. The van der Waals surface area contributed by atoms with Crippen molar-refractivity contribution < 1.29 is 18.1 Å². The Kier molecular flexibility index (Phi) is 7.21. The number of phosphoric acid groups is 1. The Labute approximate surface area is 119 Å². The maximum Gasteiger partial charge on any atom is 0.475 e. The summed E-state index contributed by atoms with van der Waals surface area (Å²) >= 11 is 0. The van der Waals surface area contributed by atoms with Gasteiger partial charge in [-0.2, -0.15) is 5.26 Å². The van der Waals surface area contributed by atoms with Gasteiger partial charge in [0.15, 0.2) is 0 Å². The number of nitriles is 1. The van der Waals surface area contributed by atoms with Gasteiger partial charge in [-0.3, -0.25) is 13.6 Å². The Bertz CT molecular complexity index is 500. The average Bonchev–Trinajstić information content (AvgIpc) is 2.45.